The van der Waals surface area contributed by atoms with Gasteiger partial charge >= 0.3 is 6.03 Å². The maximum Gasteiger partial charge on any atom is 0.325 e. The summed E-state index contributed by atoms with van der Waals surface area (Å²) in [7, 11) is 0. The Hall–Kier alpha value is -2.22. The van der Waals surface area contributed by atoms with E-state index in [1.165, 1.54) is 21.8 Å². The number of aromatic nitrogens is 2. The van der Waals surface area contributed by atoms with Gasteiger partial charge in [0.15, 0.2) is 4.96 Å². The number of rotatable bonds is 3. The van der Waals surface area contributed by atoms with Crippen LogP contribution in [0, 0.1) is 5.92 Å². The summed E-state index contributed by atoms with van der Waals surface area (Å²) in [6, 6.07) is 0.958. The van der Waals surface area contributed by atoms with Gasteiger partial charge in [-0.2, -0.15) is 0 Å². The number of nitrogens with zero attached hydrogens (tertiary/aromatic N) is 3. The van der Waals surface area contributed by atoms with Gasteiger partial charge < -0.3 is 5.32 Å². The number of carbonyl (C=O) groups excluding carboxylic acids is 2. The molecule has 1 aliphatic heterocycles. The van der Waals surface area contributed by atoms with E-state index in [1.54, 1.807) is 18.5 Å². The minimum atomic E-state index is -0.806. The molecule has 22 heavy (non-hydrogen) atoms. The minimum absolute atomic E-state index is 0.0244. The lowest BCUT2D eigenvalue weighted by Gasteiger charge is -2.20. The molecule has 2 fully saturated rings. The maximum absolute atomic E-state index is 12.6. The third kappa shape index (κ3) is 1.87. The lowest BCUT2D eigenvalue weighted by Crippen LogP contribution is -2.46. The van der Waals surface area contributed by atoms with Crippen molar-refractivity contribution < 1.29 is 9.59 Å². The van der Waals surface area contributed by atoms with Crippen molar-refractivity contribution in [2.24, 2.45) is 5.92 Å². The lowest BCUT2D eigenvalue weighted by atomic mass is 9.96. The second-order valence-electron chi connectivity index (χ2n) is 5.94. The number of fused-ring (bicyclic) bond motifs is 1. The Balaban J connectivity index is 1.66. The van der Waals surface area contributed by atoms with Crippen molar-refractivity contribution in [1.82, 2.24) is 19.6 Å². The van der Waals surface area contributed by atoms with Crippen molar-refractivity contribution in [3.8, 4) is 0 Å². The van der Waals surface area contributed by atoms with Crippen LogP contribution >= 0.6 is 11.3 Å². The normalized spacial score (nSPS) is 25.0. The van der Waals surface area contributed by atoms with Crippen LogP contribution in [0.25, 0.3) is 4.96 Å². The van der Waals surface area contributed by atoms with Crippen LogP contribution in [0.15, 0.2) is 22.4 Å². The molecule has 1 aliphatic carbocycles. The molecule has 0 radical (unpaired) electrons. The van der Waals surface area contributed by atoms with Gasteiger partial charge in [0.2, 0.25) is 0 Å². The molecular weight excluding hydrogens is 304 g/mol. The van der Waals surface area contributed by atoms with E-state index in [1.807, 2.05) is 0 Å². The number of nitrogens with one attached hydrogen (secondary N) is 1. The zero-order chi connectivity index (χ0) is 15.5. The van der Waals surface area contributed by atoms with E-state index in [2.05, 4.69) is 10.3 Å². The molecule has 3 heterocycles. The average molecular weight is 318 g/mol. The zero-order valence-corrected chi connectivity index (χ0v) is 12.7. The van der Waals surface area contributed by atoms with Gasteiger partial charge in [-0.25, -0.2) is 9.78 Å². The Morgan fingerprint density at radius 1 is 1.41 bits per heavy atom. The van der Waals surface area contributed by atoms with Crippen LogP contribution in [0.1, 0.15) is 25.5 Å². The van der Waals surface area contributed by atoms with Crippen molar-refractivity contribution in [2.45, 2.75) is 31.8 Å². The predicted molar refractivity (Wildman–Crippen MR) is 79.5 cm³/mol. The number of hydrogen-bond acceptors (Lipinski definition) is 5. The van der Waals surface area contributed by atoms with Crippen molar-refractivity contribution in [3.05, 3.63) is 33.7 Å². The van der Waals surface area contributed by atoms with Gasteiger partial charge in [0.25, 0.3) is 11.5 Å². The monoisotopic (exact) mass is 318 g/mol. The van der Waals surface area contributed by atoms with Crippen LogP contribution < -0.4 is 10.9 Å². The summed E-state index contributed by atoms with van der Waals surface area (Å²) in [5, 5.41) is 4.56. The second-order valence-corrected chi connectivity index (χ2v) is 6.81. The molecule has 0 bridgehead atoms. The fourth-order valence-corrected chi connectivity index (χ4v) is 3.67. The predicted octanol–water partition coefficient (Wildman–Crippen LogP) is 0.976. The van der Waals surface area contributed by atoms with E-state index in [0.717, 1.165) is 17.7 Å². The van der Waals surface area contributed by atoms with Crippen molar-refractivity contribution in [3.63, 3.8) is 0 Å². The first-order valence-corrected chi connectivity index (χ1v) is 7.97. The van der Waals surface area contributed by atoms with Crippen LogP contribution in [0.4, 0.5) is 4.79 Å². The molecular formula is C14H14N4O3S. The number of urea groups is 1. The highest BCUT2D eigenvalue weighted by Crippen LogP contribution is 2.42. The molecule has 0 unspecified atom stereocenters. The Morgan fingerprint density at radius 2 is 2.18 bits per heavy atom. The molecule has 2 aromatic rings. The first-order chi connectivity index (χ1) is 10.5. The molecule has 0 spiro atoms. The molecule has 1 saturated carbocycles. The van der Waals surface area contributed by atoms with E-state index in [4.69, 9.17) is 0 Å². The lowest BCUT2D eigenvalue weighted by molar-refractivity contribution is -0.131. The highest BCUT2D eigenvalue weighted by atomic mass is 32.1. The number of amides is 3. The fraction of sp³-hybridized carbons (Fsp3) is 0.429. The SMILES string of the molecule is C[C@@]1(C2CC2)NC(=O)N(Cc2cc(=O)n3ccsc3n2)C1=O. The molecule has 114 valence electrons. The molecule has 0 aromatic carbocycles. The van der Waals surface area contributed by atoms with Gasteiger partial charge in [-0.15, -0.1) is 11.3 Å². The van der Waals surface area contributed by atoms with Crippen LogP contribution in [0.5, 0.6) is 0 Å². The Kier molecular flexibility index (Phi) is 2.68. The van der Waals surface area contributed by atoms with E-state index < -0.39 is 11.6 Å². The molecule has 7 nitrogen and oxygen atoms in total. The van der Waals surface area contributed by atoms with E-state index in [0.29, 0.717) is 10.7 Å². The Labute approximate surface area is 129 Å². The molecule has 1 saturated heterocycles. The first kappa shape index (κ1) is 13.4. The van der Waals surface area contributed by atoms with Crippen LogP contribution in [-0.4, -0.2) is 31.8 Å². The summed E-state index contributed by atoms with van der Waals surface area (Å²) < 4.78 is 1.44. The Bertz CT molecular complexity index is 853. The quantitative estimate of drug-likeness (QED) is 0.855. The summed E-state index contributed by atoms with van der Waals surface area (Å²) in [4.78, 5) is 42.7. The van der Waals surface area contributed by atoms with Crippen molar-refractivity contribution in [1.29, 1.82) is 0 Å². The summed E-state index contributed by atoms with van der Waals surface area (Å²) in [6.45, 7) is 1.80. The fourth-order valence-electron chi connectivity index (χ4n) is 2.93. The average Bonchev–Trinajstić information content (AvgIpc) is 3.18. The molecule has 8 heteroatoms. The van der Waals surface area contributed by atoms with Crippen molar-refractivity contribution >= 4 is 28.2 Å². The van der Waals surface area contributed by atoms with Gasteiger partial charge in [-0.3, -0.25) is 18.9 Å². The number of thiazole rings is 1. The molecule has 2 aromatic heterocycles. The molecule has 4 rings (SSSR count). The molecule has 3 amide bonds. The van der Waals surface area contributed by atoms with Gasteiger partial charge in [0, 0.05) is 17.6 Å². The molecule has 1 N–H and O–H groups in total. The highest BCUT2D eigenvalue weighted by Gasteiger charge is 2.55. The topological polar surface area (TPSA) is 83.8 Å². The van der Waals surface area contributed by atoms with Crippen LogP contribution in [-0.2, 0) is 11.3 Å². The smallest absolute Gasteiger partial charge is 0.323 e. The Morgan fingerprint density at radius 3 is 2.91 bits per heavy atom. The minimum Gasteiger partial charge on any atom is -0.323 e. The summed E-state index contributed by atoms with van der Waals surface area (Å²) >= 11 is 1.34. The first-order valence-electron chi connectivity index (χ1n) is 7.09. The van der Waals surface area contributed by atoms with Gasteiger partial charge in [0.05, 0.1) is 12.2 Å². The summed E-state index contributed by atoms with van der Waals surface area (Å²) in [5.74, 6) is -0.0134. The third-order valence-electron chi connectivity index (χ3n) is 4.37. The largest absolute Gasteiger partial charge is 0.325 e. The number of hydrogen-bond donors (Lipinski definition) is 1. The van der Waals surface area contributed by atoms with Gasteiger partial charge in [-0.05, 0) is 25.7 Å². The van der Waals surface area contributed by atoms with Crippen LogP contribution in [0.3, 0.4) is 0 Å². The summed E-state index contributed by atoms with van der Waals surface area (Å²) in [6.07, 6.45) is 3.56. The molecule has 1 atom stereocenters. The van der Waals surface area contributed by atoms with E-state index in [-0.39, 0.29) is 23.9 Å². The number of imide groups is 1. The van der Waals surface area contributed by atoms with Crippen LogP contribution in [0.2, 0.25) is 0 Å². The van der Waals surface area contributed by atoms with Gasteiger partial charge in [0.1, 0.15) is 5.54 Å². The van der Waals surface area contributed by atoms with E-state index in [9.17, 15) is 14.4 Å². The summed E-state index contributed by atoms with van der Waals surface area (Å²) in [5.41, 5.74) is -0.589. The second kappa shape index (κ2) is 4.39. The molecule has 2 aliphatic rings. The maximum atomic E-state index is 12.6. The van der Waals surface area contributed by atoms with E-state index >= 15 is 0 Å². The highest BCUT2D eigenvalue weighted by molar-refractivity contribution is 7.15. The van der Waals surface area contributed by atoms with Gasteiger partial charge in [-0.1, -0.05) is 0 Å². The standard InChI is InChI=1S/C14H14N4O3S/c1-14(8-2-3-8)11(20)18(12(21)16-14)7-9-6-10(19)17-4-5-22-13(17)15-9/h4-6,8H,2-3,7H2,1H3,(H,16,21)/t14-/m0/s1. The number of carbonyl (C=O) groups is 2. The third-order valence-corrected chi connectivity index (χ3v) is 5.13. The zero-order valence-electron chi connectivity index (χ0n) is 11.9. The van der Waals surface area contributed by atoms with Crippen molar-refractivity contribution in [2.75, 3.05) is 0 Å².